The van der Waals surface area contributed by atoms with Gasteiger partial charge in [0, 0.05) is 18.0 Å². The van der Waals surface area contributed by atoms with E-state index in [4.69, 9.17) is 4.98 Å². The second-order valence-electron chi connectivity index (χ2n) is 9.92. The molecule has 0 spiro atoms. The first-order valence-electron chi connectivity index (χ1n) is 12.3. The largest absolute Gasteiger partial charge is 0.416 e. The van der Waals surface area contributed by atoms with Gasteiger partial charge in [0.15, 0.2) is 15.0 Å². The van der Waals surface area contributed by atoms with E-state index in [0.717, 1.165) is 28.3 Å². The number of alkyl halides is 3. The number of amides is 1. The number of benzene rings is 2. The molecule has 38 heavy (non-hydrogen) atoms. The van der Waals surface area contributed by atoms with Crippen molar-refractivity contribution in [2.45, 2.75) is 63.8 Å². The number of hydrogen-bond acceptors (Lipinski definition) is 6. The van der Waals surface area contributed by atoms with Crippen molar-refractivity contribution in [3.63, 3.8) is 0 Å². The third-order valence-corrected chi connectivity index (χ3v) is 9.93. The number of aromatic nitrogens is 1. The Kier molecular flexibility index (Phi) is 7.75. The van der Waals surface area contributed by atoms with Gasteiger partial charge in [-0.05, 0) is 48.2 Å². The van der Waals surface area contributed by atoms with Gasteiger partial charge in [-0.25, -0.2) is 13.4 Å². The second-order valence-corrected chi connectivity index (χ2v) is 13.3. The molecule has 1 aliphatic rings. The Morgan fingerprint density at radius 1 is 1.11 bits per heavy atom. The lowest BCUT2D eigenvalue weighted by molar-refractivity contribution is -0.137. The number of sulfone groups is 1. The minimum absolute atomic E-state index is 0.0125. The predicted molar refractivity (Wildman–Crippen MR) is 141 cm³/mol. The van der Waals surface area contributed by atoms with Crippen LogP contribution in [0.1, 0.15) is 55.0 Å². The molecule has 0 unspecified atom stereocenters. The van der Waals surface area contributed by atoms with Gasteiger partial charge in [0.25, 0.3) is 0 Å². The van der Waals surface area contributed by atoms with Crippen LogP contribution in [0.5, 0.6) is 0 Å². The molecule has 4 rings (SSSR count). The molecule has 0 aliphatic carbocycles. The molecule has 3 aromatic rings. The van der Waals surface area contributed by atoms with Gasteiger partial charge in [-0.3, -0.25) is 9.69 Å². The predicted octanol–water partition coefficient (Wildman–Crippen LogP) is 6.02. The summed E-state index contributed by atoms with van der Waals surface area (Å²) in [6, 6.07) is 11.5. The van der Waals surface area contributed by atoms with E-state index in [9.17, 15) is 26.4 Å². The van der Waals surface area contributed by atoms with E-state index in [1.807, 2.05) is 0 Å². The summed E-state index contributed by atoms with van der Waals surface area (Å²) >= 11 is 1.40. The highest BCUT2D eigenvalue weighted by molar-refractivity contribution is 7.91. The maximum Gasteiger partial charge on any atom is 0.416 e. The molecule has 0 fully saturated rings. The zero-order valence-corrected chi connectivity index (χ0v) is 23.2. The van der Waals surface area contributed by atoms with Crippen molar-refractivity contribution in [3.8, 4) is 0 Å². The number of anilines is 1. The quantitative estimate of drug-likeness (QED) is 0.361. The number of carbonyl (C=O) groups excluding carboxylic acids is 1. The number of nitrogens with one attached hydrogen (secondary N) is 1. The fraction of sp³-hybridized carbons (Fsp3) is 0.407. The van der Waals surface area contributed by atoms with Crippen LogP contribution in [0.3, 0.4) is 0 Å². The van der Waals surface area contributed by atoms with Crippen molar-refractivity contribution in [1.82, 2.24) is 9.88 Å². The average molecular weight is 566 g/mol. The maximum absolute atomic E-state index is 12.9. The first-order chi connectivity index (χ1) is 17.7. The van der Waals surface area contributed by atoms with Crippen LogP contribution in [-0.2, 0) is 45.9 Å². The molecule has 1 aromatic heterocycles. The van der Waals surface area contributed by atoms with Gasteiger partial charge in [0.2, 0.25) is 5.91 Å². The highest BCUT2D eigenvalue weighted by atomic mass is 32.2. The summed E-state index contributed by atoms with van der Waals surface area (Å²) in [5.41, 5.74) is 1.21. The number of halogens is 3. The molecule has 0 radical (unpaired) electrons. The van der Waals surface area contributed by atoms with Crippen LogP contribution in [0.2, 0.25) is 0 Å². The number of nitrogens with zero attached hydrogens (tertiary/aromatic N) is 2. The number of rotatable bonds is 8. The highest BCUT2D eigenvalue weighted by Gasteiger charge is 2.46. The maximum atomic E-state index is 12.9. The van der Waals surface area contributed by atoms with E-state index in [2.05, 4.69) is 31.0 Å². The molecule has 11 heteroatoms. The van der Waals surface area contributed by atoms with Crippen LogP contribution in [0.15, 0.2) is 53.4 Å². The average Bonchev–Trinajstić information content (AvgIpc) is 3.36. The Morgan fingerprint density at radius 2 is 1.71 bits per heavy atom. The van der Waals surface area contributed by atoms with Crippen LogP contribution >= 0.6 is 11.3 Å². The summed E-state index contributed by atoms with van der Waals surface area (Å²) < 4.78 is 62.8. The molecule has 0 saturated carbocycles. The molecule has 1 N–H and O–H groups in total. The molecular weight excluding hydrogens is 535 g/mol. The van der Waals surface area contributed by atoms with Crippen molar-refractivity contribution in [3.05, 3.63) is 75.8 Å². The lowest BCUT2D eigenvalue weighted by Gasteiger charge is -2.38. The van der Waals surface area contributed by atoms with Crippen molar-refractivity contribution in [2.24, 2.45) is 5.92 Å². The van der Waals surface area contributed by atoms with E-state index < -0.39 is 27.1 Å². The smallest absolute Gasteiger partial charge is 0.302 e. The normalized spacial score (nSPS) is 18.1. The standard InChI is InChI=1S/C27H30F3N3O3S2/c1-5-38(35,36)21-12-8-18(9-13-21)14-23(34)31-25-32-24-22(37-25)16-33(26(24,4)17(2)3)15-19-6-10-20(11-7-19)27(28,29)30/h6-13,17H,5,14-16H2,1-4H3,(H,31,32,34)/t26-/m0/s1. The molecule has 0 bridgehead atoms. The third-order valence-electron chi connectivity index (χ3n) is 7.22. The Balaban J connectivity index is 1.45. The molecule has 0 saturated heterocycles. The van der Waals surface area contributed by atoms with Gasteiger partial charge < -0.3 is 5.32 Å². The van der Waals surface area contributed by atoms with Crippen molar-refractivity contribution < 1.29 is 26.4 Å². The first-order valence-corrected chi connectivity index (χ1v) is 14.7. The second kappa shape index (κ2) is 10.4. The van der Waals surface area contributed by atoms with Gasteiger partial charge in [-0.1, -0.05) is 56.4 Å². The van der Waals surface area contributed by atoms with E-state index in [1.54, 1.807) is 19.1 Å². The Bertz CT molecular complexity index is 1420. The Hall–Kier alpha value is -2.76. The summed E-state index contributed by atoms with van der Waals surface area (Å²) in [6.07, 6.45) is -4.29. The number of hydrogen-bond donors (Lipinski definition) is 1. The Labute approximate surface area is 224 Å². The molecule has 2 heterocycles. The fourth-order valence-corrected chi connectivity index (χ4v) is 6.59. The van der Waals surface area contributed by atoms with E-state index >= 15 is 0 Å². The van der Waals surface area contributed by atoms with E-state index in [0.29, 0.717) is 23.8 Å². The van der Waals surface area contributed by atoms with E-state index in [-0.39, 0.29) is 28.9 Å². The van der Waals surface area contributed by atoms with Crippen LogP contribution < -0.4 is 5.32 Å². The van der Waals surface area contributed by atoms with Gasteiger partial charge in [0.05, 0.1) is 33.9 Å². The number of fused-ring (bicyclic) bond motifs is 1. The van der Waals surface area contributed by atoms with Crippen LogP contribution in [0.25, 0.3) is 0 Å². The van der Waals surface area contributed by atoms with Crippen LogP contribution in [0.4, 0.5) is 18.3 Å². The molecule has 6 nitrogen and oxygen atoms in total. The SMILES string of the molecule is CCS(=O)(=O)c1ccc(CC(=O)Nc2nc3c(s2)CN(Cc2ccc(C(F)(F)F)cc2)[C@@]3(C)C(C)C)cc1. The minimum Gasteiger partial charge on any atom is -0.302 e. The first kappa shape index (κ1) is 28.3. The minimum atomic E-state index is -4.37. The fourth-order valence-electron chi connectivity index (χ4n) is 4.60. The van der Waals surface area contributed by atoms with E-state index in [1.165, 1.54) is 35.6 Å². The summed E-state index contributed by atoms with van der Waals surface area (Å²) in [5.74, 6) is -0.0864. The lowest BCUT2D eigenvalue weighted by atomic mass is 9.85. The van der Waals surface area contributed by atoms with Crippen molar-refractivity contribution in [2.75, 3.05) is 11.1 Å². The molecule has 1 aliphatic heterocycles. The Morgan fingerprint density at radius 3 is 2.26 bits per heavy atom. The van der Waals surface area contributed by atoms with Crippen LogP contribution in [-0.4, -0.2) is 30.0 Å². The molecule has 1 atom stereocenters. The summed E-state index contributed by atoms with van der Waals surface area (Å²) in [4.78, 5) is 20.9. The molecule has 1 amide bonds. The van der Waals surface area contributed by atoms with Gasteiger partial charge in [0.1, 0.15) is 0 Å². The molecule has 2 aromatic carbocycles. The molecule has 204 valence electrons. The zero-order valence-electron chi connectivity index (χ0n) is 21.6. The number of thiazole rings is 1. The van der Waals surface area contributed by atoms with Gasteiger partial charge in [-0.15, -0.1) is 0 Å². The van der Waals surface area contributed by atoms with Crippen molar-refractivity contribution >= 4 is 32.2 Å². The summed E-state index contributed by atoms with van der Waals surface area (Å²) in [7, 11) is -3.30. The summed E-state index contributed by atoms with van der Waals surface area (Å²) in [6.45, 7) is 8.86. The van der Waals surface area contributed by atoms with Crippen molar-refractivity contribution in [1.29, 1.82) is 0 Å². The third kappa shape index (κ3) is 5.64. The topological polar surface area (TPSA) is 79.4 Å². The van der Waals surface area contributed by atoms with Crippen LogP contribution in [0, 0.1) is 5.92 Å². The van der Waals surface area contributed by atoms with Gasteiger partial charge in [-0.2, -0.15) is 13.2 Å². The van der Waals surface area contributed by atoms with Gasteiger partial charge >= 0.3 is 6.18 Å². The monoisotopic (exact) mass is 565 g/mol. The zero-order chi connectivity index (χ0) is 27.9. The number of carbonyl (C=O) groups is 1. The highest BCUT2D eigenvalue weighted by Crippen LogP contribution is 2.47. The molecular formula is C27H30F3N3O3S2. The summed E-state index contributed by atoms with van der Waals surface area (Å²) in [5, 5.41) is 3.35. The lowest BCUT2D eigenvalue weighted by Crippen LogP contribution is -2.42.